The molecule has 2 N–H and O–H groups in total. The van der Waals surface area contributed by atoms with Crippen molar-refractivity contribution in [3.63, 3.8) is 0 Å². The van der Waals surface area contributed by atoms with E-state index in [9.17, 15) is 4.79 Å². The molecule has 0 aromatic carbocycles. The molecule has 1 aromatic heterocycles. The van der Waals surface area contributed by atoms with Gasteiger partial charge in [0.05, 0.1) is 6.20 Å². The molecule has 0 aliphatic rings. The van der Waals surface area contributed by atoms with E-state index in [4.69, 9.17) is 5.73 Å². The molecular formula is C8H13N3O. The first kappa shape index (κ1) is 8.77. The fourth-order valence-electron chi connectivity index (χ4n) is 0.831. The molecule has 0 saturated carbocycles. The summed E-state index contributed by atoms with van der Waals surface area (Å²) < 4.78 is 1.14. The number of nitrogens with zero attached hydrogens (tertiary/aromatic N) is 2. The number of amides is 1. The second-order valence-corrected chi connectivity index (χ2v) is 3.76. The van der Waals surface area contributed by atoms with Crippen molar-refractivity contribution in [2.24, 2.45) is 5.73 Å². The third-order valence-electron chi connectivity index (χ3n) is 1.67. The third kappa shape index (κ3) is 1.64. The minimum absolute atomic E-state index is 0.00764. The van der Waals surface area contributed by atoms with Crippen LogP contribution in [-0.2, 0) is 5.41 Å². The van der Waals surface area contributed by atoms with Crippen molar-refractivity contribution in [1.29, 1.82) is 0 Å². The van der Waals surface area contributed by atoms with E-state index in [1.54, 1.807) is 12.4 Å². The number of carbonyl (C=O) groups is 1. The molecule has 0 aliphatic carbocycles. The van der Waals surface area contributed by atoms with E-state index >= 15 is 0 Å². The number of rotatable bonds is 0. The van der Waals surface area contributed by atoms with Crippen LogP contribution in [0.25, 0.3) is 0 Å². The Morgan fingerprint density at radius 3 is 2.42 bits per heavy atom. The molecule has 1 rings (SSSR count). The molecule has 0 spiro atoms. The van der Waals surface area contributed by atoms with Gasteiger partial charge >= 0.3 is 6.03 Å². The van der Waals surface area contributed by atoms with Crippen LogP contribution in [0.3, 0.4) is 0 Å². The molecule has 0 unspecified atom stereocenters. The highest BCUT2D eigenvalue weighted by atomic mass is 16.2. The summed E-state index contributed by atoms with van der Waals surface area (Å²) >= 11 is 0. The van der Waals surface area contributed by atoms with Gasteiger partial charge in [0.25, 0.3) is 0 Å². The van der Waals surface area contributed by atoms with Gasteiger partial charge in [0, 0.05) is 6.20 Å². The number of aromatic nitrogens is 2. The van der Waals surface area contributed by atoms with Crippen molar-refractivity contribution in [1.82, 2.24) is 9.78 Å². The summed E-state index contributed by atoms with van der Waals surface area (Å²) in [6.45, 7) is 6.15. The first-order chi connectivity index (χ1) is 5.41. The zero-order chi connectivity index (χ0) is 9.35. The highest BCUT2D eigenvalue weighted by Gasteiger charge is 2.16. The molecule has 0 bridgehead atoms. The number of primary amides is 1. The van der Waals surface area contributed by atoms with Gasteiger partial charge in [-0.25, -0.2) is 4.79 Å². The van der Waals surface area contributed by atoms with Crippen molar-refractivity contribution in [2.75, 3.05) is 0 Å². The Hall–Kier alpha value is -1.32. The standard InChI is InChI=1S/C8H13N3O/c1-8(2,3)6-4-10-11(5-6)7(9)12/h4-5H,1-3H3,(H2,9,12). The van der Waals surface area contributed by atoms with Crippen molar-refractivity contribution in [2.45, 2.75) is 26.2 Å². The summed E-state index contributed by atoms with van der Waals surface area (Å²) in [6, 6.07) is -0.550. The highest BCUT2D eigenvalue weighted by molar-refractivity contribution is 5.73. The molecular weight excluding hydrogens is 154 g/mol. The molecule has 0 radical (unpaired) electrons. The predicted molar refractivity (Wildman–Crippen MR) is 45.9 cm³/mol. The second-order valence-electron chi connectivity index (χ2n) is 3.76. The molecule has 12 heavy (non-hydrogen) atoms. The number of hydrogen-bond donors (Lipinski definition) is 1. The van der Waals surface area contributed by atoms with Gasteiger partial charge in [-0.05, 0) is 11.0 Å². The Bertz CT molecular complexity index is 295. The van der Waals surface area contributed by atoms with Crippen molar-refractivity contribution in [3.8, 4) is 0 Å². The van der Waals surface area contributed by atoms with Gasteiger partial charge in [0.2, 0.25) is 0 Å². The molecule has 0 saturated heterocycles. The van der Waals surface area contributed by atoms with E-state index in [2.05, 4.69) is 25.9 Å². The summed E-state index contributed by atoms with van der Waals surface area (Å²) in [6.07, 6.45) is 3.31. The normalized spacial score (nSPS) is 11.6. The van der Waals surface area contributed by atoms with E-state index < -0.39 is 6.03 Å². The van der Waals surface area contributed by atoms with Crippen LogP contribution < -0.4 is 5.73 Å². The second kappa shape index (κ2) is 2.62. The summed E-state index contributed by atoms with van der Waals surface area (Å²) in [5.74, 6) is 0. The van der Waals surface area contributed by atoms with Crippen LogP contribution in [-0.4, -0.2) is 15.8 Å². The molecule has 0 fully saturated rings. The maximum Gasteiger partial charge on any atom is 0.339 e. The van der Waals surface area contributed by atoms with Crippen LogP contribution in [0.2, 0.25) is 0 Å². The fraction of sp³-hybridized carbons (Fsp3) is 0.500. The lowest BCUT2D eigenvalue weighted by atomic mass is 9.90. The molecule has 1 heterocycles. The molecule has 1 amide bonds. The van der Waals surface area contributed by atoms with E-state index in [1.165, 1.54) is 0 Å². The van der Waals surface area contributed by atoms with Gasteiger partial charge in [0.15, 0.2) is 0 Å². The topological polar surface area (TPSA) is 60.9 Å². The number of hydrogen-bond acceptors (Lipinski definition) is 2. The summed E-state index contributed by atoms with van der Waals surface area (Å²) in [7, 11) is 0. The molecule has 0 atom stereocenters. The highest BCUT2D eigenvalue weighted by Crippen LogP contribution is 2.20. The monoisotopic (exact) mass is 167 g/mol. The third-order valence-corrected chi connectivity index (χ3v) is 1.67. The quantitative estimate of drug-likeness (QED) is 0.629. The van der Waals surface area contributed by atoms with Crippen molar-refractivity contribution >= 4 is 6.03 Å². The van der Waals surface area contributed by atoms with Crippen molar-refractivity contribution in [3.05, 3.63) is 18.0 Å². The van der Waals surface area contributed by atoms with Gasteiger partial charge in [-0.1, -0.05) is 20.8 Å². The lowest BCUT2D eigenvalue weighted by Crippen LogP contribution is -2.20. The zero-order valence-electron chi connectivity index (χ0n) is 7.53. The fourth-order valence-corrected chi connectivity index (χ4v) is 0.831. The number of carbonyl (C=O) groups excluding carboxylic acids is 1. The predicted octanol–water partition coefficient (Wildman–Crippen LogP) is 1.11. The van der Waals surface area contributed by atoms with E-state index in [0.717, 1.165) is 10.2 Å². The summed E-state index contributed by atoms with van der Waals surface area (Å²) in [4.78, 5) is 10.7. The van der Waals surface area contributed by atoms with Gasteiger partial charge in [-0.3, -0.25) is 0 Å². The lowest BCUT2D eigenvalue weighted by Gasteiger charge is -2.14. The maximum atomic E-state index is 10.7. The Balaban J connectivity index is 3.00. The van der Waals surface area contributed by atoms with Gasteiger partial charge in [0.1, 0.15) is 0 Å². The molecule has 0 aliphatic heterocycles. The first-order valence-corrected chi connectivity index (χ1v) is 3.76. The summed E-state index contributed by atoms with van der Waals surface area (Å²) in [5, 5.41) is 3.82. The van der Waals surface area contributed by atoms with E-state index in [-0.39, 0.29) is 5.41 Å². The largest absolute Gasteiger partial charge is 0.350 e. The SMILES string of the molecule is CC(C)(C)c1cnn(C(N)=O)c1. The Morgan fingerprint density at radius 2 is 2.17 bits per heavy atom. The molecule has 4 nitrogen and oxygen atoms in total. The van der Waals surface area contributed by atoms with Gasteiger partial charge < -0.3 is 5.73 Å². The Labute approximate surface area is 71.4 Å². The average Bonchev–Trinajstić information content (AvgIpc) is 2.30. The van der Waals surface area contributed by atoms with Crippen LogP contribution in [0, 0.1) is 0 Å². The number of nitrogens with two attached hydrogens (primary N) is 1. The van der Waals surface area contributed by atoms with Crippen LogP contribution in [0.4, 0.5) is 4.79 Å². The van der Waals surface area contributed by atoms with Crippen molar-refractivity contribution < 1.29 is 4.79 Å². The summed E-state index contributed by atoms with van der Waals surface area (Å²) in [5.41, 5.74) is 6.04. The van der Waals surface area contributed by atoms with Crippen LogP contribution in [0.5, 0.6) is 0 Å². The van der Waals surface area contributed by atoms with Crippen LogP contribution in [0.15, 0.2) is 12.4 Å². The molecule has 66 valence electrons. The van der Waals surface area contributed by atoms with Gasteiger partial charge in [-0.15, -0.1) is 0 Å². The minimum atomic E-state index is -0.550. The average molecular weight is 167 g/mol. The van der Waals surface area contributed by atoms with Crippen LogP contribution in [0.1, 0.15) is 26.3 Å². The van der Waals surface area contributed by atoms with E-state index in [1.807, 2.05) is 0 Å². The van der Waals surface area contributed by atoms with Gasteiger partial charge in [-0.2, -0.15) is 9.78 Å². The minimum Gasteiger partial charge on any atom is -0.350 e. The maximum absolute atomic E-state index is 10.7. The smallest absolute Gasteiger partial charge is 0.339 e. The van der Waals surface area contributed by atoms with Crippen LogP contribution >= 0.6 is 0 Å². The zero-order valence-corrected chi connectivity index (χ0v) is 7.53. The first-order valence-electron chi connectivity index (χ1n) is 3.76. The van der Waals surface area contributed by atoms with E-state index in [0.29, 0.717) is 0 Å². The molecule has 1 aromatic rings. The lowest BCUT2D eigenvalue weighted by molar-refractivity contribution is 0.247. The Kier molecular flexibility index (Phi) is 1.92. The Morgan fingerprint density at radius 1 is 1.58 bits per heavy atom. The molecule has 4 heteroatoms.